The Balaban J connectivity index is 1.23. The van der Waals surface area contributed by atoms with Crippen LogP contribution in [0.2, 0.25) is 0 Å². The minimum absolute atomic E-state index is 0.0724. The second-order valence-electron chi connectivity index (χ2n) is 7.24. The van der Waals surface area contributed by atoms with Gasteiger partial charge in [0.25, 0.3) is 0 Å². The lowest BCUT2D eigenvalue weighted by molar-refractivity contribution is -0.129. The van der Waals surface area contributed by atoms with Crippen LogP contribution in [0.3, 0.4) is 0 Å². The monoisotopic (exact) mass is 399 g/mol. The molecule has 1 saturated heterocycles. The molecule has 0 aliphatic carbocycles. The first-order chi connectivity index (χ1) is 13.7. The number of hydrogen-bond donors (Lipinski definition) is 1. The van der Waals surface area contributed by atoms with Gasteiger partial charge in [-0.3, -0.25) is 9.59 Å². The fourth-order valence-corrected chi connectivity index (χ4v) is 4.64. The maximum absolute atomic E-state index is 12.5. The van der Waals surface area contributed by atoms with Crippen LogP contribution in [0.1, 0.15) is 40.8 Å². The van der Waals surface area contributed by atoms with Crippen molar-refractivity contribution in [2.75, 3.05) is 31.1 Å². The highest BCUT2D eigenvalue weighted by Crippen LogP contribution is 2.28. The van der Waals surface area contributed by atoms with Gasteiger partial charge in [-0.1, -0.05) is 30.3 Å². The van der Waals surface area contributed by atoms with Crippen molar-refractivity contribution in [2.24, 2.45) is 0 Å². The number of aromatic nitrogens is 3. The Morgan fingerprint density at radius 1 is 1.07 bits per heavy atom. The third-order valence-electron chi connectivity index (χ3n) is 5.42. The van der Waals surface area contributed by atoms with Crippen LogP contribution in [0, 0.1) is 0 Å². The highest BCUT2D eigenvalue weighted by Gasteiger charge is 2.28. The lowest BCUT2D eigenvalue weighted by Gasteiger charge is -2.32. The Kier molecular flexibility index (Phi) is 6.07. The Morgan fingerprint density at radius 2 is 1.86 bits per heavy atom. The van der Waals surface area contributed by atoms with Crippen LogP contribution >= 0.6 is 11.8 Å². The van der Waals surface area contributed by atoms with Crippen molar-refractivity contribution in [3.05, 3.63) is 47.5 Å². The zero-order valence-electron chi connectivity index (χ0n) is 15.8. The molecule has 0 atom stereocenters. The van der Waals surface area contributed by atoms with Gasteiger partial charge < -0.3 is 14.8 Å². The standard InChI is InChI=1S/C20H25N5O2S/c26-17(15-4-2-1-3-5-15)13-28-14-19(27)24-9-6-16(7-10-24)20-23-22-18-12-21-8-11-25(18)20/h1-5,16,21H,6-14H2. The van der Waals surface area contributed by atoms with Crippen LogP contribution in [0.4, 0.5) is 0 Å². The molecule has 0 radical (unpaired) electrons. The Morgan fingerprint density at radius 3 is 2.64 bits per heavy atom. The van der Waals surface area contributed by atoms with Gasteiger partial charge in [0.05, 0.1) is 18.1 Å². The number of Topliss-reactive ketones (excluding diaryl/α,β-unsaturated/α-hetero) is 1. The van der Waals surface area contributed by atoms with E-state index in [0.717, 1.165) is 57.2 Å². The fourth-order valence-electron chi connectivity index (χ4n) is 3.83. The highest BCUT2D eigenvalue weighted by atomic mass is 32.2. The number of benzene rings is 1. The second kappa shape index (κ2) is 8.87. The van der Waals surface area contributed by atoms with Crippen molar-refractivity contribution in [2.45, 2.75) is 31.8 Å². The molecule has 1 aromatic heterocycles. The normalized spacial score (nSPS) is 17.4. The molecule has 2 aliphatic rings. The van der Waals surface area contributed by atoms with E-state index in [2.05, 4.69) is 20.1 Å². The number of carbonyl (C=O) groups excluding carboxylic acids is 2. The molecule has 2 aliphatic heterocycles. The van der Waals surface area contributed by atoms with E-state index in [4.69, 9.17) is 0 Å². The van der Waals surface area contributed by atoms with Crippen molar-refractivity contribution in [1.82, 2.24) is 25.0 Å². The average molecular weight is 400 g/mol. The molecule has 8 heteroatoms. The molecule has 4 rings (SSSR count). The van der Waals surface area contributed by atoms with Gasteiger partial charge in [-0.2, -0.15) is 0 Å². The molecule has 2 aromatic rings. The van der Waals surface area contributed by atoms with E-state index in [-0.39, 0.29) is 11.7 Å². The molecular formula is C20H25N5O2S. The maximum atomic E-state index is 12.5. The molecule has 1 amide bonds. The first kappa shape index (κ1) is 19.1. The Bertz CT molecular complexity index is 830. The van der Waals surface area contributed by atoms with Crippen LogP contribution in [-0.2, 0) is 17.9 Å². The largest absolute Gasteiger partial charge is 0.342 e. The predicted octanol–water partition coefficient (Wildman–Crippen LogP) is 1.70. The first-order valence-corrected chi connectivity index (χ1v) is 10.9. The van der Waals surface area contributed by atoms with E-state index in [1.54, 1.807) is 0 Å². The SMILES string of the molecule is O=C(CSCC(=O)N1CCC(c2nnc3n2CCNC3)CC1)c1ccccc1. The van der Waals surface area contributed by atoms with Gasteiger partial charge in [-0.05, 0) is 12.8 Å². The van der Waals surface area contributed by atoms with E-state index in [9.17, 15) is 9.59 Å². The van der Waals surface area contributed by atoms with Crippen molar-refractivity contribution in [3.8, 4) is 0 Å². The number of ketones is 1. The minimum atomic E-state index is 0.0724. The molecule has 0 bridgehead atoms. The summed E-state index contributed by atoms with van der Waals surface area (Å²) < 4.78 is 2.24. The van der Waals surface area contributed by atoms with Crippen molar-refractivity contribution in [1.29, 1.82) is 0 Å². The molecule has 0 saturated carbocycles. The summed E-state index contributed by atoms with van der Waals surface area (Å²) in [5.74, 6) is 3.35. The number of likely N-dealkylation sites (tertiary alicyclic amines) is 1. The Labute approximate surface area is 168 Å². The predicted molar refractivity (Wildman–Crippen MR) is 108 cm³/mol. The smallest absolute Gasteiger partial charge is 0.232 e. The summed E-state index contributed by atoms with van der Waals surface area (Å²) in [7, 11) is 0. The van der Waals surface area contributed by atoms with Gasteiger partial charge >= 0.3 is 0 Å². The number of amides is 1. The topological polar surface area (TPSA) is 80.1 Å². The van der Waals surface area contributed by atoms with Gasteiger partial charge in [0.1, 0.15) is 11.6 Å². The molecule has 1 N–H and O–H groups in total. The lowest BCUT2D eigenvalue weighted by atomic mass is 9.95. The van der Waals surface area contributed by atoms with E-state index in [1.807, 2.05) is 35.2 Å². The number of rotatable bonds is 6. The van der Waals surface area contributed by atoms with Crippen molar-refractivity contribution >= 4 is 23.5 Å². The third-order valence-corrected chi connectivity index (χ3v) is 6.34. The number of fused-ring (bicyclic) bond motifs is 1. The number of thioether (sulfide) groups is 1. The van der Waals surface area contributed by atoms with Gasteiger partial charge in [-0.25, -0.2) is 0 Å². The number of hydrogen-bond acceptors (Lipinski definition) is 6. The molecule has 7 nitrogen and oxygen atoms in total. The second-order valence-corrected chi connectivity index (χ2v) is 8.23. The zero-order valence-corrected chi connectivity index (χ0v) is 16.7. The average Bonchev–Trinajstić information content (AvgIpc) is 3.18. The van der Waals surface area contributed by atoms with E-state index >= 15 is 0 Å². The van der Waals surface area contributed by atoms with Gasteiger partial charge in [-0.15, -0.1) is 22.0 Å². The van der Waals surface area contributed by atoms with Crippen molar-refractivity contribution < 1.29 is 9.59 Å². The third kappa shape index (κ3) is 4.28. The molecule has 1 aromatic carbocycles. The summed E-state index contributed by atoms with van der Waals surface area (Å²) in [6.45, 7) is 4.15. The summed E-state index contributed by atoms with van der Waals surface area (Å²) in [5.41, 5.74) is 0.704. The fraction of sp³-hybridized carbons (Fsp3) is 0.500. The van der Waals surface area contributed by atoms with Gasteiger partial charge in [0.15, 0.2) is 5.78 Å². The van der Waals surface area contributed by atoms with E-state index in [1.165, 1.54) is 11.8 Å². The molecule has 3 heterocycles. The van der Waals surface area contributed by atoms with Gasteiger partial charge in [0.2, 0.25) is 5.91 Å². The molecule has 148 valence electrons. The minimum Gasteiger partial charge on any atom is -0.342 e. The Hall–Kier alpha value is -2.19. The highest BCUT2D eigenvalue weighted by molar-refractivity contribution is 8.00. The van der Waals surface area contributed by atoms with E-state index in [0.29, 0.717) is 23.0 Å². The van der Waals surface area contributed by atoms with Gasteiger partial charge in [0, 0.05) is 37.7 Å². The molecule has 28 heavy (non-hydrogen) atoms. The quantitative estimate of drug-likeness (QED) is 0.745. The summed E-state index contributed by atoms with van der Waals surface area (Å²) >= 11 is 1.40. The van der Waals surface area contributed by atoms with Crippen LogP contribution in [0.15, 0.2) is 30.3 Å². The number of nitrogens with zero attached hydrogens (tertiary/aromatic N) is 4. The van der Waals surface area contributed by atoms with Crippen LogP contribution in [0.5, 0.6) is 0 Å². The summed E-state index contributed by atoms with van der Waals surface area (Å²) in [6, 6.07) is 9.24. The number of nitrogens with one attached hydrogen (secondary N) is 1. The molecule has 0 spiro atoms. The van der Waals surface area contributed by atoms with E-state index < -0.39 is 0 Å². The molecule has 1 fully saturated rings. The number of carbonyl (C=O) groups is 2. The zero-order chi connectivity index (χ0) is 19.3. The molecular weight excluding hydrogens is 374 g/mol. The molecule has 0 unspecified atom stereocenters. The lowest BCUT2D eigenvalue weighted by Crippen LogP contribution is -2.40. The maximum Gasteiger partial charge on any atom is 0.232 e. The summed E-state index contributed by atoms with van der Waals surface area (Å²) in [4.78, 5) is 26.5. The van der Waals surface area contributed by atoms with Crippen LogP contribution in [-0.4, -0.2) is 62.5 Å². The van der Waals surface area contributed by atoms with Crippen LogP contribution < -0.4 is 5.32 Å². The van der Waals surface area contributed by atoms with Crippen molar-refractivity contribution in [3.63, 3.8) is 0 Å². The number of piperidine rings is 1. The first-order valence-electron chi connectivity index (χ1n) is 9.79. The summed E-state index contributed by atoms with van der Waals surface area (Å²) in [6.07, 6.45) is 1.84. The summed E-state index contributed by atoms with van der Waals surface area (Å²) in [5, 5.41) is 12.0. The van der Waals surface area contributed by atoms with Crippen LogP contribution in [0.25, 0.3) is 0 Å².